The molecule has 0 saturated carbocycles. The van der Waals surface area contributed by atoms with E-state index in [9.17, 15) is 10.1 Å². The number of hydrogen-bond acceptors (Lipinski definition) is 3. The van der Waals surface area contributed by atoms with Gasteiger partial charge in [-0.05, 0) is 25.9 Å². The van der Waals surface area contributed by atoms with Gasteiger partial charge >= 0.3 is 0 Å². The molecule has 0 fully saturated rings. The van der Waals surface area contributed by atoms with Crippen LogP contribution in [0.1, 0.15) is 38.2 Å². The Morgan fingerprint density at radius 3 is 2.67 bits per heavy atom. The summed E-state index contributed by atoms with van der Waals surface area (Å²) < 4.78 is 0. The second-order valence-electron chi connectivity index (χ2n) is 4.45. The highest BCUT2D eigenvalue weighted by molar-refractivity contribution is 5.39. The van der Waals surface area contributed by atoms with Crippen LogP contribution in [0, 0.1) is 10.1 Å². The lowest BCUT2D eigenvalue weighted by Gasteiger charge is -2.05. The first-order valence-corrected chi connectivity index (χ1v) is 6.68. The van der Waals surface area contributed by atoms with Gasteiger partial charge in [-0.25, -0.2) is 0 Å². The average molecular weight is 250 g/mol. The van der Waals surface area contributed by atoms with Crippen molar-refractivity contribution in [2.24, 2.45) is 0 Å². The van der Waals surface area contributed by atoms with E-state index in [4.69, 9.17) is 0 Å². The molecule has 1 aromatic rings. The zero-order chi connectivity index (χ0) is 13.2. The summed E-state index contributed by atoms with van der Waals surface area (Å²) in [4.78, 5) is 10.5. The molecule has 0 heterocycles. The van der Waals surface area contributed by atoms with E-state index in [1.54, 1.807) is 12.1 Å². The summed E-state index contributed by atoms with van der Waals surface area (Å²) in [5.41, 5.74) is 1.04. The first-order valence-electron chi connectivity index (χ1n) is 6.68. The molecular weight excluding hydrogens is 228 g/mol. The second-order valence-corrected chi connectivity index (χ2v) is 4.45. The summed E-state index contributed by atoms with van der Waals surface area (Å²) in [6.07, 6.45) is 5.69. The first-order chi connectivity index (χ1) is 8.75. The smallest absolute Gasteiger partial charge is 0.272 e. The molecule has 0 unspecified atom stereocenters. The number of para-hydroxylation sites is 1. The van der Waals surface area contributed by atoms with Crippen molar-refractivity contribution in [1.29, 1.82) is 0 Å². The van der Waals surface area contributed by atoms with Crippen molar-refractivity contribution < 1.29 is 4.92 Å². The van der Waals surface area contributed by atoms with E-state index in [1.807, 2.05) is 12.1 Å². The van der Waals surface area contributed by atoms with Crippen LogP contribution in [0.15, 0.2) is 24.3 Å². The molecule has 1 aromatic carbocycles. The van der Waals surface area contributed by atoms with Gasteiger partial charge in [0.1, 0.15) is 0 Å². The summed E-state index contributed by atoms with van der Waals surface area (Å²) in [5.74, 6) is 0. The molecule has 0 aliphatic rings. The number of unbranched alkanes of at least 4 members (excludes halogenated alkanes) is 3. The molecule has 1 N–H and O–H groups in total. The van der Waals surface area contributed by atoms with E-state index in [0.29, 0.717) is 6.42 Å². The van der Waals surface area contributed by atoms with E-state index in [2.05, 4.69) is 12.2 Å². The largest absolute Gasteiger partial charge is 0.316 e. The number of hydrogen-bond donors (Lipinski definition) is 1. The Morgan fingerprint density at radius 2 is 1.94 bits per heavy atom. The van der Waals surface area contributed by atoms with Crippen LogP contribution in [0.5, 0.6) is 0 Å². The average Bonchev–Trinajstić information content (AvgIpc) is 2.38. The Hall–Kier alpha value is -1.42. The third-order valence-electron chi connectivity index (χ3n) is 2.97. The highest BCUT2D eigenvalue weighted by Crippen LogP contribution is 2.17. The van der Waals surface area contributed by atoms with E-state index in [1.165, 1.54) is 25.7 Å². The van der Waals surface area contributed by atoms with Crippen molar-refractivity contribution in [1.82, 2.24) is 5.32 Å². The van der Waals surface area contributed by atoms with Crippen molar-refractivity contribution in [2.45, 2.75) is 39.0 Å². The quantitative estimate of drug-likeness (QED) is 0.415. The third-order valence-corrected chi connectivity index (χ3v) is 2.97. The molecule has 18 heavy (non-hydrogen) atoms. The normalized spacial score (nSPS) is 10.5. The predicted octanol–water partition coefficient (Wildman–Crippen LogP) is 3.31. The van der Waals surface area contributed by atoms with Crippen LogP contribution < -0.4 is 5.32 Å². The lowest BCUT2D eigenvalue weighted by atomic mass is 10.1. The van der Waals surface area contributed by atoms with E-state index < -0.39 is 0 Å². The fourth-order valence-electron chi connectivity index (χ4n) is 1.93. The molecule has 0 aliphatic carbocycles. The van der Waals surface area contributed by atoms with Gasteiger partial charge in [0.2, 0.25) is 0 Å². The SMILES string of the molecule is CCCCCCNCCc1ccccc1[N+](=O)[O-]. The highest BCUT2D eigenvalue weighted by atomic mass is 16.6. The van der Waals surface area contributed by atoms with E-state index in [-0.39, 0.29) is 10.6 Å². The summed E-state index contributed by atoms with van der Waals surface area (Å²) in [6, 6.07) is 6.96. The molecule has 0 atom stereocenters. The summed E-state index contributed by atoms with van der Waals surface area (Å²) in [6.45, 7) is 4.00. The van der Waals surface area contributed by atoms with Crippen LogP contribution in [0.4, 0.5) is 5.69 Å². The minimum Gasteiger partial charge on any atom is -0.316 e. The Morgan fingerprint density at radius 1 is 1.17 bits per heavy atom. The number of rotatable bonds is 9. The van der Waals surface area contributed by atoms with Gasteiger partial charge in [0.05, 0.1) is 4.92 Å². The maximum absolute atomic E-state index is 10.8. The number of benzene rings is 1. The Labute approximate surface area is 109 Å². The monoisotopic (exact) mass is 250 g/mol. The lowest BCUT2D eigenvalue weighted by molar-refractivity contribution is -0.385. The molecule has 4 nitrogen and oxygen atoms in total. The standard InChI is InChI=1S/C14H22N2O2/c1-2-3-4-7-11-15-12-10-13-8-5-6-9-14(13)16(17)18/h5-6,8-9,15H,2-4,7,10-12H2,1H3. The van der Waals surface area contributed by atoms with Gasteiger partial charge in [-0.15, -0.1) is 0 Å². The minimum absolute atomic E-state index is 0.227. The number of nitrogens with zero attached hydrogens (tertiary/aromatic N) is 1. The molecule has 0 spiro atoms. The zero-order valence-corrected chi connectivity index (χ0v) is 11.0. The van der Waals surface area contributed by atoms with Crippen molar-refractivity contribution in [3.8, 4) is 0 Å². The van der Waals surface area contributed by atoms with Gasteiger partial charge in [-0.3, -0.25) is 10.1 Å². The Bertz CT molecular complexity index is 367. The van der Waals surface area contributed by atoms with Crippen molar-refractivity contribution >= 4 is 5.69 Å². The Kier molecular flexibility index (Phi) is 7.03. The van der Waals surface area contributed by atoms with Gasteiger partial charge in [0.25, 0.3) is 5.69 Å². The van der Waals surface area contributed by atoms with Crippen LogP contribution in [-0.4, -0.2) is 18.0 Å². The fraction of sp³-hybridized carbons (Fsp3) is 0.571. The molecule has 0 aliphatic heterocycles. The van der Waals surface area contributed by atoms with Crippen molar-refractivity contribution in [3.05, 3.63) is 39.9 Å². The van der Waals surface area contributed by atoms with Crippen LogP contribution in [0.25, 0.3) is 0 Å². The van der Waals surface area contributed by atoms with Gasteiger partial charge in [0.15, 0.2) is 0 Å². The molecule has 4 heteroatoms. The molecule has 100 valence electrons. The Balaban J connectivity index is 2.25. The van der Waals surface area contributed by atoms with Crippen molar-refractivity contribution in [3.63, 3.8) is 0 Å². The summed E-state index contributed by atoms with van der Waals surface area (Å²) in [7, 11) is 0. The second kappa shape index (κ2) is 8.64. The minimum atomic E-state index is -0.309. The fourth-order valence-corrected chi connectivity index (χ4v) is 1.93. The van der Waals surface area contributed by atoms with Crippen LogP contribution in [0.2, 0.25) is 0 Å². The summed E-state index contributed by atoms with van der Waals surface area (Å²) in [5, 5.41) is 14.2. The van der Waals surface area contributed by atoms with Crippen LogP contribution in [0.3, 0.4) is 0 Å². The maximum atomic E-state index is 10.8. The molecular formula is C14H22N2O2. The summed E-state index contributed by atoms with van der Waals surface area (Å²) >= 11 is 0. The molecule has 0 bridgehead atoms. The van der Waals surface area contributed by atoms with Crippen LogP contribution in [-0.2, 0) is 6.42 Å². The molecule has 1 rings (SSSR count). The zero-order valence-electron chi connectivity index (χ0n) is 11.0. The highest BCUT2D eigenvalue weighted by Gasteiger charge is 2.10. The van der Waals surface area contributed by atoms with Gasteiger partial charge in [0, 0.05) is 11.6 Å². The number of nitrogens with one attached hydrogen (secondary N) is 1. The van der Waals surface area contributed by atoms with Gasteiger partial charge in [-0.1, -0.05) is 44.4 Å². The number of nitro groups is 1. The predicted molar refractivity (Wildman–Crippen MR) is 73.8 cm³/mol. The van der Waals surface area contributed by atoms with E-state index in [0.717, 1.165) is 18.7 Å². The lowest BCUT2D eigenvalue weighted by Crippen LogP contribution is -2.18. The topological polar surface area (TPSA) is 55.2 Å². The molecule has 0 aromatic heterocycles. The van der Waals surface area contributed by atoms with Crippen molar-refractivity contribution in [2.75, 3.05) is 13.1 Å². The molecule has 0 amide bonds. The number of nitro benzene ring substituents is 1. The van der Waals surface area contributed by atoms with Gasteiger partial charge < -0.3 is 5.32 Å². The van der Waals surface area contributed by atoms with Crippen LogP contribution >= 0.6 is 0 Å². The first kappa shape index (κ1) is 14.6. The van der Waals surface area contributed by atoms with E-state index >= 15 is 0 Å². The molecule has 0 radical (unpaired) electrons. The maximum Gasteiger partial charge on any atom is 0.272 e. The van der Waals surface area contributed by atoms with Gasteiger partial charge in [-0.2, -0.15) is 0 Å². The third kappa shape index (κ3) is 5.27. The molecule has 0 saturated heterocycles.